The molecule has 0 fully saturated rings. The van der Waals surface area contributed by atoms with Gasteiger partial charge in [-0.05, 0) is 42.8 Å². The number of hydrogen-bond donors (Lipinski definition) is 1. The summed E-state index contributed by atoms with van der Waals surface area (Å²) in [4.78, 5) is 12.3. The van der Waals surface area contributed by atoms with Crippen molar-refractivity contribution in [2.24, 2.45) is 0 Å². The van der Waals surface area contributed by atoms with Gasteiger partial charge in [0.05, 0.1) is 17.8 Å². The van der Waals surface area contributed by atoms with Crippen LogP contribution in [0.4, 0.5) is 4.39 Å². The largest absolute Gasteiger partial charge is 0.345 e. The minimum absolute atomic E-state index is 0.0762. The lowest BCUT2D eigenvalue weighted by Gasteiger charge is -2.24. The Labute approximate surface area is 142 Å². The lowest BCUT2D eigenvalue weighted by molar-refractivity contribution is 0.0933. The van der Waals surface area contributed by atoms with Gasteiger partial charge in [-0.1, -0.05) is 12.1 Å². The minimum atomic E-state index is -0.298. The van der Waals surface area contributed by atoms with Crippen LogP contribution in [0.1, 0.15) is 40.5 Å². The molecule has 1 N–H and O–H groups in total. The maximum atomic E-state index is 14.1. The van der Waals surface area contributed by atoms with Gasteiger partial charge in [0.2, 0.25) is 0 Å². The molecule has 0 bridgehead atoms. The van der Waals surface area contributed by atoms with E-state index in [0.717, 1.165) is 30.5 Å². The monoisotopic (exact) mass is 341 g/mol. The van der Waals surface area contributed by atoms with Crippen molar-refractivity contribution in [1.29, 1.82) is 0 Å². The van der Waals surface area contributed by atoms with Gasteiger partial charge >= 0.3 is 0 Å². The highest BCUT2D eigenvalue weighted by Gasteiger charge is 2.27. The number of benzene rings is 1. The third-order valence-corrected chi connectivity index (χ3v) is 5.04. The summed E-state index contributed by atoms with van der Waals surface area (Å²) in [5.74, 6) is -0.374. The molecule has 0 saturated carbocycles. The van der Waals surface area contributed by atoms with Gasteiger partial charge in [-0.15, -0.1) is 0 Å². The van der Waals surface area contributed by atoms with Gasteiger partial charge in [-0.3, -0.25) is 4.79 Å². The number of carbonyl (C=O) groups excluding carboxylic acids is 1. The molecule has 1 aliphatic rings. The highest BCUT2D eigenvalue weighted by atomic mass is 32.1. The van der Waals surface area contributed by atoms with Crippen LogP contribution in [0, 0.1) is 5.82 Å². The second-order valence-corrected chi connectivity index (χ2v) is 6.62. The maximum absolute atomic E-state index is 14.1. The van der Waals surface area contributed by atoms with Crippen molar-refractivity contribution >= 4 is 17.2 Å². The number of thiophene rings is 1. The molecule has 1 amide bonds. The molecule has 6 heteroatoms. The number of aromatic nitrogens is 2. The van der Waals surface area contributed by atoms with Gasteiger partial charge in [-0.25, -0.2) is 9.07 Å². The Kier molecular flexibility index (Phi) is 3.90. The molecule has 0 spiro atoms. The van der Waals surface area contributed by atoms with Gasteiger partial charge in [0.25, 0.3) is 5.91 Å². The van der Waals surface area contributed by atoms with Gasteiger partial charge < -0.3 is 5.32 Å². The Morgan fingerprint density at radius 3 is 3.00 bits per heavy atom. The highest BCUT2D eigenvalue weighted by molar-refractivity contribution is 7.08. The smallest absolute Gasteiger partial charge is 0.252 e. The summed E-state index contributed by atoms with van der Waals surface area (Å²) in [5, 5.41) is 11.2. The normalized spacial score (nSPS) is 16.6. The predicted octanol–water partition coefficient (Wildman–Crippen LogP) is 3.88. The van der Waals surface area contributed by atoms with Crippen molar-refractivity contribution in [1.82, 2.24) is 15.1 Å². The lowest BCUT2D eigenvalue weighted by atomic mass is 9.92. The molecular formula is C18H16FN3OS. The van der Waals surface area contributed by atoms with Crippen LogP contribution in [-0.2, 0) is 6.42 Å². The van der Waals surface area contributed by atoms with E-state index in [1.165, 1.54) is 17.4 Å². The van der Waals surface area contributed by atoms with Crippen LogP contribution in [0.15, 0.2) is 47.3 Å². The van der Waals surface area contributed by atoms with E-state index in [0.29, 0.717) is 11.3 Å². The van der Waals surface area contributed by atoms with E-state index in [4.69, 9.17) is 0 Å². The molecule has 0 saturated heterocycles. The number of hydrogen-bond acceptors (Lipinski definition) is 3. The van der Waals surface area contributed by atoms with E-state index >= 15 is 0 Å². The minimum Gasteiger partial charge on any atom is -0.345 e. The highest BCUT2D eigenvalue weighted by Crippen LogP contribution is 2.31. The zero-order chi connectivity index (χ0) is 16.5. The van der Waals surface area contributed by atoms with Crippen LogP contribution in [0.3, 0.4) is 0 Å². The summed E-state index contributed by atoms with van der Waals surface area (Å²) in [5.41, 5.74) is 3.08. The molecule has 2 aromatic heterocycles. The second-order valence-electron chi connectivity index (χ2n) is 5.84. The van der Waals surface area contributed by atoms with Crippen LogP contribution in [0.5, 0.6) is 0 Å². The average Bonchev–Trinajstić information content (AvgIpc) is 3.26. The first-order chi connectivity index (χ1) is 11.7. The SMILES string of the molecule is O=C(N[C@H]1CCCc2c1cnn2-c1ccccc1F)c1ccsc1. The molecule has 0 radical (unpaired) electrons. The van der Waals surface area contributed by atoms with Gasteiger partial charge in [-0.2, -0.15) is 16.4 Å². The van der Waals surface area contributed by atoms with E-state index in [2.05, 4.69) is 10.4 Å². The fourth-order valence-corrected chi connectivity index (χ4v) is 3.81. The summed E-state index contributed by atoms with van der Waals surface area (Å²) in [6, 6.07) is 8.34. The van der Waals surface area contributed by atoms with Crippen molar-refractivity contribution < 1.29 is 9.18 Å². The summed E-state index contributed by atoms with van der Waals surface area (Å²) in [6.07, 6.45) is 4.38. The predicted molar refractivity (Wildman–Crippen MR) is 91.0 cm³/mol. The van der Waals surface area contributed by atoms with Gasteiger partial charge in [0.1, 0.15) is 11.5 Å². The molecule has 2 heterocycles. The van der Waals surface area contributed by atoms with E-state index in [1.807, 2.05) is 16.8 Å². The molecule has 1 aromatic carbocycles. The first-order valence-electron chi connectivity index (χ1n) is 7.89. The third kappa shape index (κ3) is 2.63. The summed E-state index contributed by atoms with van der Waals surface area (Å²) in [7, 11) is 0. The fourth-order valence-electron chi connectivity index (χ4n) is 3.17. The lowest BCUT2D eigenvalue weighted by Crippen LogP contribution is -2.30. The molecule has 122 valence electrons. The van der Waals surface area contributed by atoms with E-state index in [9.17, 15) is 9.18 Å². The fraction of sp³-hybridized carbons (Fsp3) is 0.222. The zero-order valence-electron chi connectivity index (χ0n) is 12.9. The standard InChI is InChI=1S/C18H16FN3OS/c19-14-4-1-2-6-17(14)22-16-7-3-5-15(13(16)10-20-22)21-18(23)12-8-9-24-11-12/h1-2,4,6,8-11,15H,3,5,7H2,(H,21,23)/t15-/m0/s1. The summed E-state index contributed by atoms with van der Waals surface area (Å²) < 4.78 is 15.7. The first-order valence-corrected chi connectivity index (χ1v) is 8.83. The summed E-state index contributed by atoms with van der Waals surface area (Å²) >= 11 is 1.50. The number of amides is 1. The van der Waals surface area contributed by atoms with Gasteiger partial charge in [0, 0.05) is 16.6 Å². The maximum Gasteiger partial charge on any atom is 0.252 e. The molecule has 1 aliphatic carbocycles. The Hall–Kier alpha value is -2.47. The Morgan fingerprint density at radius 2 is 2.21 bits per heavy atom. The molecule has 0 aliphatic heterocycles. The number of carbonyl (C=O) groups is 1. The van der Waals surface area contributed by atoms with Gasteiger partial charge in [0.15, 0.2) is 0 Å². The molecule has 3 aromatic rings. The summed E-state index contributed by atoms with van der Waals surface area (Å²) in [6.45, 7) is 0. The molecule has 4 nitrogen and oxygen atoms in total. The van der Waals surface area contributed by atoms with Crippen molar-refractivity contribution in [2.45, 2.75) is 25.3 Å². The van der Waals surface area contributed by atoms with Crippen LogP contribution < -0.4 is 5.32 Å². The Bertz CT molecular complexity index is 872. The number of fused-ring (bicyclic) bond motifs is 1. The molecule has 4 rings (SSSR count). The number of rotatable bonds is 3. The number of nitrogens with one attached hydrogen (secondary N) is 1. The third-order valence-electron chi connectivity index (χ3n) is 4.35. The van der Waals surface area contributed by atoms with Crippen LogP contribution in [-0.4, -0.2) is 15.7 Å². The Morgan fingerprint density at radius 1 is 1.33 bits per heavy atom. The van der Waals surface area contributed by atoms with Crippen molar-refractivity contribution in [2.75, 3.05) is 0 Å². The molecule has 1 atom stereocenters. The van der Waals surface area contributed by atoms with Crippen LogP contribution >= 0.6 is 11.3 Å². The van der Waals surface area contributed by atoms with Crippen LogP contribution in [0.25, 0.3) is 5.69 Å². The number of halogens is 1. The number of nitrogens with zero attached hydrogens (tertiary/aromatic N) is 2. The van der Waals surface area contributed by atoms with Crippen LogP contribution in [0.2, 0.25) is 0 Å². The van der Waals surface area contributed by atoms with E-state index < -0.39 is 0 Å². The quantitative estimate of drug-likeness (QED) is 0.786. The Balaban J connectivity index is 1.65. The zero-order valence-corrected chi connectivity index (χ0v) is 13.7. The van der Waals surface area contributed by atoms with E-state index in [1.54, 1.807) is 29.1 Å². The van der Waals surface area contributed by atoms with Crippen molar-refractivity contribution in [3.05, 3.63) is 69.9 Å². The van der Waals surface area contributed by atoms with Crippen molar-refractivity contribution in [3.63, 3.8) is 0 Å². The topological polar surface area (TPSA) is 46.9 Å². The molecular weight excluding hydrogens is 325 g/mol. The van der Waals surface area contributed by atoms with E-state index in [-0.39, 0.29) is 17.8 Å². The first kappa shape index (κ1) is 15.1. The van der Waals surface area contributed by atoms with Crippen molar-refractivity contribution in [3.8, 4) is 5.69 Å². The average molecular weight is 341 g/mol. The number of para-hydroxylation sites is 1. The molecule has 0 unspecified atom stereocenters. The second kappa shape index (κ2) is 6.20. The molecule has 24 heavy (non-hydrogen) atoms.